The van der Waals surface area contributed by atoms with Crippen molar-refractivity contribution in [2.45, 2.75) is 0 Å². The van der Waals surface area contributed by atoms with Crippen molar-refractivity contribution in [1.82, 2.24) is 28.5 Å². The van der Waals surface area contributed by atoms with Gasteiger partial charge in [-0.2, -0.15) is 0 Å². The summed E-state index contributed by atoms with van der Waals surface area (Å²) < 4.78 is 6.75. The molecule has 0 saturated heterocycles. The van der Waals surface area contributed by atoms with E-state index < -0.39 is 0 Å². The third kappa shape index (κ3) is 4.87. The van der Waals surface area contributed by atoms with E-state index >= 15 is 0 Å². The van der Waals surface area contributed by atoms with Crippen LogP contribution in [0.1, 0.15) is 0 Å². The maximum atomic E-state index is 5.46. The van der Waals surface area contributed by atoms with Crippen LogP contribution in [-0.4, -0.2) is 28.5 Å². The Balaban J connectivity index is 1.08. The topological polar surface area (TPSA) is 52.9 Å². The highest BCUT2D eigenvalue weighted by molar-refractivity contribution is 6.10. The number of rotatable bonds is 5. The van der Waals surface area contributed by atoms with Crippen LogP contribution >= 0.6 is 0 Å². The number of fused-ring (bicyclic) bond motifs is 9. The van der Waals surface area contributed by atoms with Gasteiger partial charge in [-0.3, -0.25) is 13.5 Å². The first-order chi connectivity index (χ1) is 28.3. The molecule has 0 N–H and O–H groups in total. The lowest BCUT2D eigenvalue weighted by atomic mass is 9.98. The molecule has 4 aromatic heterocycles. The summed E-state index contributed by atoms with van der Waals surface area (Å²) >= 11 is 0. The van der Waals surface area contributed by atoms with Crippen molar-refractivity contribution in [3.63, 3.8) is 0 Å². The number of aromatic nitrogens is 6. The third-order valence-electron chi connectivity index (χ3n) is 11.3. The minimum atomic E-state index is 0.629. The average molecular weight is 729 g/mol. The standard InChI is InChI=1S/C51H32N6/c1-3-13-33(14-4-1)35-23-25-36(26-24-35)49-41-31-37(34-15-5-2-6-16-34)27-29-42(41)52-50(54-49)56-44-19-9-7-17-39(44)40-32-38(28-30-45(40)56)55-47-21-11-12-22-48(47)57-46-20-10-8-18-43(46)53-51(55)57/h1-32H. The number of imidazole rings is 2. The van der Waals surface area contributed by atoms with E-state index in [1.54, 1.807) is 0 Å². The summed E-state index contributed by atoms with van der Waals surface area (Å²) in [5.41, 5.74) is 14.8. The number of hydrogen-bond acceptors (Lipinski definition) is 3. The van der Waals surface area contributed by atoms with Crippen LogP contribution in [0, 0.1) is 0 Å². The molecule has 0 atom stereocenters. The normalized spacial score (nSPS) is 11.9. The van der Waals surface area contributed by atoms with Crippen LogP contribution in [0.25, 0.3) is 106 Å². The molecule has 12 rings (SSSR count). The van der Waals surface area contributed by atoms with Gasteiger partial charge in [0, 0.05) is 27.4 Å². The lowest BCUT2D eigenvalue weighted by molar-refractivity contribution is 1.01. The minimum Gasteiger partial charge on any atom is -0.278 e. The second-order valence-electron chi connectivity index (χ2n) is 14.5. The molecule has 0 aliphatic heterocycles. The Morgan fingerprint density at radius 2 is 0.912 bits per heavy atom. The van der Waals surface area contributed by atoms with Gasteiger partial charge in [0.2, 0.25) is 11.7 Å². The van der Waals surface area contributed by atoms with Gasteiger partial charge in [0.1, 0.15) is 0 Å². The second kappa shape index (κ2) is 12.3. The van der Waals surface area contributed by atoms with E-state index in [4.69, 9.17) is 15.0 Å². The summed E-state index contributed by atoms with van der Waals surface area (Å²) in [6.45, 7) is 0. The van der Waals surface area contributed by atoms with E-state index in [-0.39, 0.29) is 0 Å². The van der Waals surface area contributed by atoms with Crippen LogP contribution in [0.4, 0.5) is 0 Å². The van der Waals surface area contributed by atoms with Crippen LogP contribution in [0.2, 0.25) is 0 Å². The number of para-hydroxylation sites is 5. The minimum absolute atomic E-state index is 0.629. The van der Waals surface area contributed by atoms with Crippen molar-refractivity contribution in [3.05, 3.63) is 194 Å². The monoisotopic (exact) mass is 728 g/mol. The SMILES string of the molecule is c1ccc(-c2ccc(-c3nc(-n4c5ccccc5c5cc(-n6c7ccccc7n7c8ccccc8nc67)ccc54)nc4ccc(-c5ccccc5)cc34)cc2)cc1. The summed E-state index contributed by atoms with van der Waals surface area (Å²) in [5, 5.41) is 3.26. The van der Waals surface area contributed by atoms with Crippen molar-refractivity contribution < 1.29 is 0 Å². The van der Waals surface area contributed by atoms with Gasteiger partial charge in [0.15, 0.2) is 0 Å². The maximum absolute atomic E-state index is 5.46. The quantitative estimate of drug-likeness (QED) is 0.177. The Bertz CT molecular complexity index is 3500. The molecule has 0 saturated carbocycles. The van der Waals surface area contributed by atoms with Crippen LogP contribution in [-0.2, 0) is 0 Å². The van der Waals surface area contributed by atoms with Gasteiger partial charge >= 0.3 is 0 Å². The summed E-state index contributed by atoms with van der Waals surface area (Å²) in [6.07, 6.45) is 0. The Morgan fingerprint density at radius 1 is 0.316 bits per heavy atom. The van der Waals surface area contributed by atoms with E-state index in [1.807, 2.05) is 6.07 Å². The molecule has 0 aliphatic rings. The van der Waals surface area contributed by atoms with Gasteiger partial charge in [-0.1, -0.05) is 133 Å². The third-order valence-corrected chi connectivity index (χ3v) is 11.3. The zero-order valence-electron chi connectivity index (χ0n) is 30.7. The van der Waals surface area contributed by atoms with Gasteiger partial charge in [0.25, 0.3) is 0 Å². The van der Waals surface area contributed by atoms with E-state index in [9.17, 15) is 0 Å². The van der Waals surface area contributed by atoms with E-state index in [1.165, 1.54) is 5.56 Å². The number of nitrogens with zero attached hydrogens (tertiary/aromatic N) is 6. The lowest BCUT2D eigenvalue weighted by Crippen LogP contribution is -2.04. The summed E-state index contributed by atoms with van der Waals surface area (Å²) in [6, 6.07) is 68.4. The molecule has 8 aromatic carbocycles. The molecular formula is C51H32N6. The Labute approximate surface area is 327 Å². The van der Waals surface area contributed by atoms with Gasteiger partial charge < -0.3 is 0 Å². The van der Waals surface area contributed by atoms with Crippen molar-refractivity contribution in [3.8, 4) is 45.1 Å². The highest BCUT2D eigenvalue weighted by atomic mass is 15.2. The molecule has 0 amide bonds. The molecule has 266 valence electrons. The van der Waals surface area contributed by atoms with Crippen LogP contribution in [0.3, 0.4) is 0 Å². The zero-order chi connectivity index (χ0) is 37.5. The average Bonchev–Trinajstić information content (AvgIpc) is 3.93. The molecule has 0 fully saturated rings. The fourth-order valence-corrected chi connectivity index (χ4v) is 8.62. The van der Waals surface area contributed by atoms with Gasteiger partial charge in [0.05, 0.1) is 44.3 Å². The van der Waals surface area contributed by atoms with Crippen molar-refractivity contribution in [2.75, 3.05) is 0 Å². The second-order valence-corrected chi connectivity index (χ2v) is 14.5. The lowest BCUT2D eigenvalue weighted by Gasteiger charge is -2.13. The van der Waals surface area contributed by atoms with Gasteiger partial charge in [-0.25, -0.2) is 15.0 Å². The van der Waals surface area contributed by atoms with E-state index in [0.29, 0.717) is 5.95 Å². The number of benzene rings is 8. The van der Waals surface area contributed by atoms with Gasteiger partial charge in [-0.15, -0.1) is 0 Å². The van der Waals surface area contributed by atoms with E-state index in [2.05, 4.69) is 202 Å². The molecule has 4 heterocycles. The Morgan fingerprint density at radius 3 is 1.70 bits per heavy atom. The molecule has 57 heavy (non-hydrogen) atoms. The summed E-state index contributed by atoms with van der Waals surface area (Å²) in [4.78, 5) is 15.9. The molecule has 0 spiro atoms. The largest absolute Gasteiger partial charge is 0.278 e. The first-order valence-corrected chi connectivity index (χ1v) is 19.2. The molecule has 0 unspecified atom stereocenters. The van der Waals surface area contributed by atoms with Crippen molar-refractivity contribution >= 4 is 60.6 Å². The predicted octanol–water partition coefficient (Wildman–Crippen LogP) is 12.5. The van der Waals surface area contributed by atoms with Crippen LogP contribution in [0.5, 0.6) is 0 Å². The maximum Gasteiger partial charge on any atom is 0.235 e. The molecule has 0 bridgehead atoms. The molecule has 0 radical (unpaired) electrons. The molecule has 6 heteroatoms. The Kier molecular flexibility index (Phi) is 6.83. The molecule has 12 aromatic rings. The van der Waals surface area contributed by atoms with Crippen LogP contribution < -0.4 is 0 Å². The van der Waals surface area contributed by atoms with Crippen molar-refractivity contribution in [2.24, 2.45) is 0 Å². The fourth-order valence-electron chi connectivity index (χ4n) is 8.62. The highest BCUT2D eigenvalue weighted by Gasteiger charge is 2.21. The molecule has 6 nitrogen and oxygen atoms in total. The highest BCUT2D eigenvalue weighted by Crippen LogP contribution is 2.38. The summed E-state index contributed by atoms with van der Waals surface area (Å²) in [5.74, 6) is 1.51. The van der Waals surface area contributed by atoms with E-state index in [0.717, 1.165) is 94.2 Å². The van der Waals surface area contributed by atoms with Crippen molar-refractivity contribution in [1.29, 1.82) is 0 Å². The zero-order valence-corrected chi connectivity index (χ0v) is 30.7. The molecular weight excluding hydrogens is 697 g/mol. The summed E-state index contributed by atoms with van der Waals surface area (Å²) in [7, 11) is 0. The number of hydrogen-bond donors (Lipinski definition) is 0. The smallest absolute Gasteiger partial charge is 0.235 e. The first kappa shape index (κ1) is 31.5. The van der Waals surface area contributed by atoms with Gasteiger partial charge in [-0.05, 0) is 82.9 Å². The first-order valence-electron chi connectivity index (χ1n) is 19.2. The van der Waals surface area contributed by atoms with Crippen LogP contribution in [0.15, 0.2) is 194 Å². The predicted molar refractivity (Wildman–Crippen MR) is 233 cm³/mol. The fraction of sp³-hybridized carbons (Fsp3) is 0. The Hall–Kier alpha value is -7.83. The molecule has 0 aliphatic carbocycles.